The molecule has 1 aromatic carbocycles. The van der Waals surface area contributed by atoms with Gasteiger partial charge in [-0.2, -0.15) is 0 Å². The maximum atomic E-state index is 9.62. The molecule has 0 bridgehead atoms. The molecule has 3 heteroatoms. The van der Waals surface area contributed by atoms with E-state index >= 15 is 0 Å². The van der Waals surface area contributed by atoms with Crippen molar-refractivity contribution in [2.24, 2.45) is 5.92 Å². The first kappa shape index (κ1) is 13.8. The lowest BCUT2D eigenvalue weighted by Crippen LogP contribution is -2.25. The summed E-state index contributed by atoms with van der Waals surface area (Å²) in [4.78, 5) is 0. The fourth-order valence-electron chi connectivity index (χ4n) is 1.67. The van der Waals surface area contributed by atoms with Gasteiger partial charge in [-0.25, -0.2) is 0 Å². The molecule has 17 heavy (non-hydrogen) atoms. The molecule has 1 rings (SSSR count). The summed E-state index contributed by atoms with van der Waals surface area (Å²) in [6, 6.07) is 5.14. The fourth-order valence-corrected chi connectivity index (χ4v) is 1.67. The van der Waals surface area contributed by atoms with Gasteiger partial charge in [0.05, 0.1) is 0 Å². The Hall–Kier alpha value is -1.22. The predicted molar refractivity (Wildman–Crippen MR) is 70.1 cm³/mol. The van der Waals surface area contributed by atoms with Crippen LogP contribution in [0.4, 0.5) is 0 Å². The smallest absolute Gasteiger partial charge is 0.123 e. The Morgan fingerprint density at radius 1 is 1.12 bits per heavy atom. The largest absolute Gasteiger partial charge is 0.508 e. The molecule has 3 N–H and O–H groups in total. The summed E-state index contributed by atoms with van der Waals surface area (Å²) in [5.74, 6) is 0.967. The minimum Gasteiger partial charge on any atom is -0.508 e. The molecule has 0 aromatic heterocycles. The first-order valence-corrected chi connectivity index (χ1v) is 6.23. The first-order valence-electron chi connectivity index (χ1n) is 6.23. The van der Waals surface area contributed by atoms with Crippen LogP contribution in [0.5, 0.6) is 11.5 Å². The van der Waals surface area contributed by atoms with Crippen molar-refractivity contribution in [1.82, 2.24) is 5.32 Å². The van der Waals surface area contributed by atoms with Gasteiger partial charge in [0.15, 0.2) is 0 Å². The molecule has 0 saturated heterocycles. The minimum absolute atomic E-state index is 0.0964. The molecule has 0 aliphatic rings. The number of phenols is 2. The van der Waals surface area contributed by atoms with Crippen molar-refractivity contribution in [3.63, 3.8) is 0 Å². The Kier molecular flexibility index (Phi) is 5.29. The third kappa shape index (κ3) is 5.09. The van der Waals surface area contributed by atoms with Crippen LogP contribution in [0.3, 0.4) is 0 Å². The zero-order valence-electron chi connectivity index (χ0n) is 10.9. The van der Waals surface area contributed by atoms with E-state index in [0.717, 1.165) is 17.9 Å². The monoisotopic (exact) mass is 237 g/mol. The van der Waals surface area contributed by atoms with Crippen molar-refractivity contribution in [3.8, 4) is 11.5 Å². The molecule has 0 saturated carbocycles. The summed E-state index contributed by atoms with van der Waals surface area (Å²) >= 11 is 0. The number of rotatable bonds is 6. The van der Waals surface area contributed by atoms with E-state index in [0.29, 0.717) is 12.6 Å². The number of aromatic hydroxyl groups is 2. The second kappa shape index (κ2) is 6.50. The van der Waals surface area contributed by atoms with Crippen LogP contribution < -0.4 is 5.32 Å². The zero-order valence-corrected chi connectivity index (χ0v) is 10.9. The highest BCUT2D eigenvalue weighted by Gasteiger charge is 2.06. The molecule has 0 amide bonds. The van der Waals surface area contributed by atoms with Gasteiger partial charge < -0.3 is 15.5 Å². The Labute approximate surface area is 103 Å². The number of phenolic OH excluding ortho intramolecular Hbond substituents is 2. The molecule has 96 valence electrons. The highest BCUT2D eigenvalue weighted by atomic mass is 16.3. The summed E-state index contributed by atoms with van der Waals surface area (Å²) in [6.07, 6.45) is 2.34. The van der Waals surface area contributed by atoms with E-state index in [1.807, 2.05) is 0 Å². The van der Waals surface area contributed by atoms with Crippen LogP contribution in [-0.4, -0.2) is 16.3 Å². The normalized spacial score (nSPS) is 12.9. The van der Waals surface area contributed by atoms with Crippen molar-refractivity contribution < 1.29 is 10.2 Å². The van der Waals surface area contributed by atoms with Crippen LogP contribution in [-0.2, 0) is 6.54 Å². The van der Waals surface area contributed by atoms with Gasteiger partial charge in [0.25, 0.3) is 0 Å². The Morgan fingerprint density at radius 2 is 1.82 bits per heavy atom. The van der Waals surface area contributed by atoms with Gasteiger partial charge in [-0.15, -0.1) is 0 Å². The van der Waals surface area contributed by atoms with E-state index in [1.165, 1.54) is 12.5 Å². The van der Waals surface area contributed by atoms with E-state index in [9.17, 15) is 10.2 Å². The third-order valence-corrected chi connectivity index (χ3v) is 2.89. The molecule has 0 fully saturated rings. The molecule has 0 aliphatic heterocycles. The van der Waals surface area contributed by atoms with Crippen molar-refractivity contribution in [2.75, 3.05) is 0 Å². The molecule has 0 aliphatic carbocycles. The molecule has 1 atom stereocenters. The first-order chi connectivity index (χ1) is 7.99. The molecule has 0 radical (unpaired) electrons. The summed E-state index contributed by atoms with van der Waals surface area (Å²) in [5.41, 5.74) is 0.819. The van der Waals surface area contributed by atoms with Crippen LogP contribution in [0.15, 0.2) is 18.2 Å². The van der Waals surface area contributed by atoms with Gasteiger partial charge in [0, 0.05) is 24.2 Å². The van der Waals surface area contributed by atoms with Crippen molar-refractivity contribution in [3.05, 3.63) is 23.8 Å². The highest BCUT2D eigenvalue weighted by molar-refractivity contribution is 5.38. The van der Waals surface area contributed by atoms with E-state index in [4.69, 9.17) is 0 Å². The van der Waals surface area contributed by atoms with Gasteiger partial charge in [-0.3, -0.25) is 0 Å². The summed E-state index contributed by atoms with van der Waals surface area (Å²) in [6.45, 7) is 7.22. The minimum atomic E-state index is 0.0964. The van der Waals surface area contributed by atoms with Crippen molar-refractivity contribution >= 4 is 0 Å². The maximum Gasteiger partial charge on any atom is 0.123 e. The topological polar surface area (TPSA) is 52.5 Å². The molecule has 3 nitrogen and oxygen atoms in total. The Bertz CT molecular complexity index is 350. The van der Waals surface area contributed by atoms with E-state index in [-0.39, 0.29) is 11.5 Å². The van der Waals surface area contributed by atoms with Crippen molar-refractivity contribution in [2.45, 2.75) is 46.2 Å². The van der Waals surface area contributed by atoms with E-state index in [2.05, 4.69) is 26.1 Å². The molecule has 0 spiro atoms. The molecule has 1 unspecified atom stereocenters. The number of nitrogens with one attached hydrogen (secondary N) is 1. The van der Waals surface area contributed by atoms with Gasteiger partial charge in [0.2, 0.25) is 0 Å². The van der Waals surface area contributed by atoms with E-state index < -0.39 is 0 Å². The Morgan fingerprint density at radius 3 is 2.41 bits per heavy atom. The van der Waals surface area contributed by atoms with Gasteiger partial charge in [-0.1, -0.05) is 19.9 Å². The quantitative estimate of drug-likeness (QED) is 0.713. The second-order valence-corrected chi connectivity index (χ2v) is 5.07. The van der Waals surface area contributed by atoms with Gasteiger partial charge >= 0.3 is 0 Å². The second-order valence-electron chi connectivity index (χ2n) is 5.07. The Balaban J connectivity index is 2.39. The summed E-state index contributed by atoms with van der Waals surface area (Å²) < 4.78 is 0. The average molecular weight is 237 g/mol. The lowest BCUT2D eigenvalue weighted by atomic mass is 10.0. The van der Waals surface area contributed by atoms with E-state index in [1.54, 1.807) is 12.1 Å². The molecular formula is C14H23NO2. The van der Waals surface area contributed by atoms with Crippen LogP contribution in [0.1, 0.15) is 39.2 Å². The molecular weight excluding hydrogens is 214 g/mol. The molecule has 0 heterocycles. The number of benzene rings is 1. The highest BCUT2D eigenvalue weighted by Crippen LogP contribution is 2.22. The maximum absolute atomic E-state index is 9.62. The third-order valence-electron chi connectivity index (χ3n) is 2.89. The van der Waals surface area contributed by atoms with Gasteiger partial charge in [-0.05, 0) is 31.7 Å². The zero-order chi connectivity index (χ0) is 12.8. The SMILES string of the molecule is CC(C)CCC(C)NCc1ccc(O)cc1O. The number of hydrogen-bond acceptors (Lipinski definition) is 3. The molecule has 1 aromatic rings. The van der Waals surface area contributed by atoms with Crippen molar-refractivity contribution in [1.29, 1.82) is 0 Å². The standard InChI is InChI=1S/C14H23NO2/c1-10(2)4-5-11(3)15-9-12-6-7-13(16)8-14(12)17/h6-8,10-11,15-17H,4-5,9H2,1-3H3. The van der Waals surface area contributed by atoms with Gasteiger partial charge in [0.1, 0.15) is 11.5 Å². The fraction of sp³-hybridized carbons (Fsp3) is 0.571. The van der Waals surface area contributed by atoms with Crippen LogP contribution in [0, 0.1) is 5.92 Å². The summed E-state index contributed by atoms with van der Waals surface area (Å²) in [5, 5.41) is 22.2. The van der Waals surface area contributed by atoms with Crippen LogP contribution >= 0.6 is 0 Å². The summed E-state index contributed by atoms with van der Waals surface area (Å²) in [7, 11) is 0. The predicted octanol–water partition coefficient (Wildman–Crippen LogP) is 3.01. The van der Waals surface area contributed by atoms with Crippen LogP contribution in [0.2, 0.25) is 0 Å². The van der Waals surface area contributed by atoms with Crippen LogP contribution in [0.25, 0.3) is 0 Å². The lowest BCUT2D eigenvalue weighted by molar-refractivity contribution is 0.429. The number of hydrogen-bond donors (Lipinski definition) is 3. The average Bonchev–Trinajstić information content (AvgIpc) is 2.25. The lowest BCUT2D eigenvalue weighted by Gasteiger charge is -2.15.